The quantitative estimate of drug-likeness (QED) is 0.302. The molecule has 0 rings (SSSR count). The first-order chi connectivity index (χ1) is 6.10. The maximum absolute atomic E-state index is 8.36. The van der Waals surface area contributed by atoms with Gasteiger partial charge in [-0.1, -0.05) is 32.3 Å². The molecule has 0 aliphatic carbocycles. The highest BCUT2D eigenvalue weighted by molar-refractivity contribution is 7.99. The monoisotopic (exact) mass is 204 g/mol. The van der Waals surface area contributed by atoms with Crippen molar-refractivity contribution >= 4 is 17.6 Å². The first kappa shape index (κ1) is 12.6. The van der Waals surface area contributed by atoms with E-state index in [4.69, 9.17) is 10.9 Å². The molecular weight excluding hydrogens is 184 g/mol. The molecule has 4 heteroatoms. The summed E-state index contributed by atoms with van der Waals surface area (Å²) in [6.07, 6.45) is 1.88. The minimum Gasteiger partial charge on any atom is -0.409 e. The van der Waals surface area contributed by atoms with E-state index in [9.17, 15) is 0 Å². The normalized spacial score (nSPS) is 17.0. The lowest BCUT2D eigenvalue weighted by Crippen LogP contribution is -2.17. The highest BCUT2D eigenvalue weighted by atomic mass is 32.2. The van der Waals surface area contributed by atoms with Gasteiger partial charge in [0.05, 0.1) is 0 Å². The topological polar surface area (TPSA) is 58.6 Å². The second-order valence-electron chi connectivity index (χ2n) is 3.45. The molecule has 0 spiro atoms. The van der Waals surface area contributed by atoms with Crippen molar-refractivity contribution in [3.63, 3.8) is 0 Å². The average Bonchev–Trinajstić information content (AvgIpc) is 2.13. The van der Waals surface area contributed by atoms with Crippen LogP contribution in [0.5, 0.6) is 0 Å². The molecule has 0 bridgehead atoms. The lowest BCUT2D eigenvalue weighted by Gasteiger charge is -2.13. The molecule has 0 fully saturated rings. The molecule has 2 atom stereocenters. The summed E-state index contributed by atoms with van der Waals surface area (Å²) < 4.78 is 0. The molecule has 2 unspecified atom stereocenters. The second kappa shape index (κ2) is 7.06. The van der Waals surface area contributed by atoms with E-state index in [1.807, 2.05) is 11.8 Å². The molecule has 0 saturated carbocycles. The summed E-state index contributed by atoms with van der Waals surface area (Å²) in [4.78, 5) is 0. The van der Waals surface area contributed by atoms with Crippen molar-refractivity contribution in [2.45, 2.75) is 38.9 Å². The summed E-state index contributed by atoms with van der Waals surface area (Å²) in [6, 6.07) is 0. The summed E-state index contributed by atoms with van der Waals surface area (Å²) in [6.45, 7) is 6.54. The fourth-order valence-corrected chi connectivity index (χ4v) is 2.02. The largest absolute Gasteiger partial charge is 0.409 e. The SMILES string of the molecule is CCC(C)CSC(C)CC(N)=NO. The molecule has 0 heterocycles. The van der Waals surface area contributed by atoms with Crippen LogP contribution in [0.25, 0.3) is 0 Å². The van der Waals surface area contributed by atoms with Gasteiger partial charge in [0, 0.05) is 11.7 Å². The third-order valence-corrected chi connectivity index (χ3v) is 3.48. The molecule has 0 aromatic heterocycles. The Hall–Kier alpha value is -0.380. The van der Waals surface area contributed by atoms with Crippen molar-refractivity contribution in [1.29, 1.82) is 0 Å². The van der Waals surface area contributed by atoms with Gasteiger partial charge in [-0.05, 0) is 11.7 Å². The Morgan fingerprint density at radius 3 is 2.62 bits per heavy atom. The minimum absolute atomic E-state index is 0.323. The Bertz CT molecular complexity index is 162. The van der Waals surface area contributed by atoms with Gasteiger partial charge >= 0.3 is 0 Å². The van der Waals surface area contributed by atoms with Gasteiger partial charge in [0.1, 0.15) is 5.84 Å². The molecule has 13 heavy (non-hydrogen) atoms. The van der Waals surface area contributed by atoms with E-state index in [1.54, 1.807) is 0 Å². The lowest BCUT2D eigenvalue weighted by atomic mass is 10.2. The van der Waals surface area contributed by atoms with Crippen LogP contribution in [0.2, 0.25) is 0 Å². The zero-order valence-electron chi connectivity index (χ0n) is 8.66. The average molecular weight is 204 g/mol. The second-order valence-corrected chi connectivity index (χ2v) is 4.92. The van der Waals surface area contributed by atoms with Crippen molar-refractivity contribution in [3.05, 3.63) is 0 Å². The number of amidine groups is 1. The van der Waals surface area contributed by atoms with Gasteiger partial charge in [0.15, 0.2) is 0 Å². The number of hydrogen-bond donors (Lipinski definition) is 2. The number of thioether (sulfide) groups is 1. The molecule has 0 radical (unpaired) electrons. The van der Waals surface area contributed by atoms with E-state index in [0.29, 0.717) is 17.5 Å². The molecule has 3 N–H and O–H groups in total. The number of nitrogens with two attached hydrogens (primary N) is 1. The third kappa shape index (κ3) is 6.75. The van der Waals surface area contributed by atoms with Gasteiger partial charge in [-0.15, -0.1) is 0 Å². The highest BCUT2D eigenvalue weighted by Gasteiger charge is 2.07. The summed E-state index contributed by atoms with van der Waals surface area (Å²) >= 11 is 1.88. The first-order valence-electron chi connectivity index (χ1n) is 4.68. The van der Waals surface area contributed by atoms with Gasteiger partial charge in [0.25, 0.3) is 0 Å². The summed E-state index contributed by atoms with van der Waals surface area (Å²) in [5, 5.41) is 11.8. The van der Waals surface area contributed by atoms with Crippen molar-refractivity contribution in [1.82, 2.24) is 0 Å². The van der Waals surface area contributed by atoms with E-state index in [-0.39, 0.29) is 0 Å². The highest BCUT2D eigenvalue weighted by Crippen LogP contribution is 2.18. The van der Waals surface area contributed by atoms with Gasteiger partial charge in [-0.25, -0.2) is 0 Å². The predicted molar refractivity (Wildman–Crippen MR) is 59.4 cm³/mol. The van der Waals surface area contributed by atoms with Crippen LogP contribution >= 0.6 is 11.8 Å². The van der Waals surface area contributed by atoms with Crippen molar-refractivity contribution in [3.8, 4) is 0 Å². The third-order valence-electron chi connectivity index (χ3n) is 1.99. The molecular formula is C9H20N2OS. The van der Waals surface area contributed by atoms with E-state index in [2.05, 4.69) is 25.9 Å². The predicted octanol–water partition coefficient (Wildman–Crippen LogP) is 2.29. The maximum atomic E-state index is 8.36. The zero-order chi connectivity index (χ0) is 10.3. The molecule has 0 amide bonds. The number of rotatable bonds is 6. The molecule has 78 valence electrons. The number of oxime groups is 1. The van der Waals surface area contributed by atoms with Crippen molar-refractivity contribution in [2.24, 2.45) is 16.8 Å². The van der Waals surface area contributed by atoms with Gasteiger partial charge in [0.2, 0.25) is 0 Å². The Labute approximate surface area is 84.8 Å². The van der Waals surface area contributed by atoms with Crippen LogP contribution in [0.1, 0.15) is 33.6 Å². The van der Waals surface area contributed by atoms with Gasteiger partial charge in [-0.3, -0.25) is 0 Å². The first-order valence-corrected chi connectivity index (χ1v) is 5.73. The van der Waals surface area contributed by atoms with Crippen LogP contribution in [-0.4, -0.2) is 22.0 Å². The minimum atomic E-state index is 0.323. The standard InChI is InChI=1S/C9H20N2OS/c1-4-7(2)6-13-8(3)5-9(10)11-12/h7-8,12H,4-6H2,1-3H3,(H2,10,11). The fraction of sp³-hybridized carbons (Fsp3) is 0.889. The Balaban J connectivity index is 3.57. The number of nitrogens with zero attached hydrogens (tertiary/aromatic N) is 1. The lowest BCUT2D eigenvalue weighted by molar-refractivity contribution is 0.317. The molecule has 0 saturated heterocycles. The van der Waals surface area contributed by atoms with Crippen LogP contribution in [-0.2, 0) is 0 Å². The van der Waals surface area contributed by atoms with E-state index < -0.39 is 0 Å². The van der Waals surface area contributed by atoms with Crippen molar-refractivity contribution < 1.29 is 5.21 Å². The Morgan fingerprint density at radius 1 is 1.54 bits per heavy atom. The molecule has 0 aliphatic heterocycles. The molecule has 0 aromatic carbocycles. The number of hydrogen-bond acceptors (Lipinski definition) is 3. The van der Waals surface area contributed by atoms with E-state index in [0.717, 1.165) is 11.7 Å². The molecule has 0 aliphatic rings. The van der Waals surface area contributed by atoms with Crippen LogP contribution in [0.4, 0.5) is 0 Å². The van der Waals surface area contributed by atoms with E-state index >= 15 is 0 Å². The zero-order valence-corrected chi connectivity index (χ0v) is 9.47. The molecule has 0 aromatic rings. The molecule has 3 nitrogen and oxygen atoms in total. The van der Waals surface area contributed by atoms with Crippen LogP contribution in [0, 0.1) is 5.92 Å². The van der Waals surface area contributed by atoms with Crippen LogP contribution in [0.15, 0.2) is 5.16 Å². The van der Waals surface area contributed by atoms with E-state index in [1.165, 1.54) is 6.42 Å². The fourth-order valence-electron chi connectivity index (χ4n) is 0.841. The van der Waals surface area contributed by atoms with Crippen LogP contribution < -0.4 is 5.73 Å². The van der Waals surface area contributed by atoms with Crippen LogP contribution in [0.3, 0.4) is 0 Å². The Kier molecular flexibility index (Phi) is 6.86. The summed E-state index contributed by atoms with van der Waals surface area (Å²) in [5.74, 6) is 2.22. The Morgan fingerprint density at radius 2 is 2.15 bits per heavy atom. The van der Waals surface area contributed by atoms with Gasteiger partial charge < -0.3 is 10.9 Å². The van der Waals surface area contributed by atoms with Crippen molar-refractivity contribution in [2.75, 3.05) is 5.75 Å². The summed E-state index contributed by atoms with van der Waals surface area (Å²) in [5.41, 5.74) is 5.40. The maximum Gasteiger partial charge on any atom is 0.140 e. The summed E-state index contributed by atoms with van der Waals surface area (Å²) in [7, 11) is 0. The van der Waals surface area contributed by atoms with Gasteiger partial charge in [-0.2, -0.15) is 11.8 Å². The smallest absolute Gasteiger partial charge is 0.140 e.